The predicted octanol–water partition coefficient (Wildman–Crippen LogP) is 0.897. The minimum atomic E-state index is -0.437. The molecule has 6 heteroatoms. The van der Waals surface area contributed by atoms with Crippen molar-refractivity contribution in [3.8, 4) is 0 Å². The van der Waals surface area contributed by atoms with Crippen LogP contribution in [-0.4, -0.2) is 29.4 Å². The zero-order valence-electron chi connectivity index (χ0n) is 11.3. The van der Waals surface area contributed by atoms with Crippen LogP contribution in [-0.2, 0) is 4.79 Å². The minimum Gasteiger partial charge on any atom is -0.370 e. The van der Waals surface area contributed by atoms with Gasteiger partial charge in [0.25, 0.3) is 5.91 Å². The van der Waals surface area contributed by atoms with Crippen LogP contribution < -0.4 is 16.4 Å². The minimum absolute atomic E-state index is 0.123. The third-order valence-electron chi connectivity index (χ3n) is 2.46. The molecule has 1 heterocycles. The molecule has 1 aromatic heterocycles. The fourth-order valence-corrected chi connectivity index (χ4v) is 1.58. The Morgan fingerprint density at radius 3 is 2.84 bits per heavy atom. The van der Waals surface area contributed by atoms with E-state index in [1.54, 1.807) is 25.3 Å². The van der Waals surface area contributed by atoms with Crippen LogP contribution in [0.1, 0.15) is 37.0 Å². The monoisotopic (exact) mass is 264 g/mol. The molecule has 0 aromatic carbocycles. The summed E-state index contributed by atoms with van der Waals surface area (Å²) in [4.78, 5) is 26.8. The van der Waals surface area contributed by atoms with Crippen molar-refractivity contribution in [3.05, 3.63) is 23.9 Å². The smallest absolute Gasteiger partial charge is 0.251 e. The van der Waals surface area contributed by atoms with Gasteiger partial charge in [-0.25, -0.2) is 4.98 Å². The molecule has 1 aromatic rings. The average molecular weight is 264 g/mol. The molecule has 0 spiro atoms. The SMILES string of the molecule is CCCNc1cc(C(=O)NC(C)CC(N)=O)ccn1. The number of amides is 2. The van der Waals surface area contributed by atoms with E-state index in [1.807, 2.05) is 0 Å². The molecular weight excluding hydrogens is 244 g/mol. The maximum absolute atomic E-state index is 11.9. The van der Waals surface area contributed by atoms with Crippen LogP contribution in [0, 0.1) is 0 Å². The second kappa shape index (κ2) is 7.35. The fraction of sp³-hybridized carbons (Fsp3) is 0.462. The van der Waals surface area contributed by atoms with Gasteiger partial charge in [0.15, 0.2) is 0 Å². The number of pyridine rings is 1. The lowest BCUT2D eigenvalue weighted by Gasteiger charge is -2.12. The zero-order valence-corrected chi connectivity index (χ0v) is 11.3. The molecule has 0 aliphatic heterocycles. The quantitative estimate of drug-likeness (QED) is 0.681. The van der Waals surface area contributed by atoms with Crippen LogP contribution in [0.15, 0.2) is 18.3 Å². The average Bonchev–Trinajstić information content (AvgIpc) is 2.35. The predicted molar refractivity (Wildman–Crippen MR) is 73.8 cm³/mol. The van der Waals surface area contributed by atoms with E-state index in [9.17, 15) is 9.59 Å². The van der Waals surface area contributed by atoms with Gasteiger partial charge in [0.2, 0.25) is 5.91 Å². The molecule has 0 bridgehead atoms. The Bertz CT molecular complexity index is 448. The molecule has 1 unspecified atom stereocenters. The highest BCUT2D eigenvalue weighted by Gasteiger charge is 2.12. The summed E-state index contributed by atoms with van der Waals surface area (Å²) >= 11 is 0. The molecule has 104 valence electrons. The van der Waals surface area contributed by atoms with E-state index in [1.165, 1.54) is 0 Å². The summed E-state index contributed by atoms with van der Waals surface area (Å²) in [5.74, 6) is -0.0133. The number of nitrogens with zero attached hydrogens (tertiary/aromatic N) is 1. The van der Waals surface area contributed by atoms with Crippen LogP contribution in [0.4, 0.5) is 5.82 Å². The highest BCUT2D eigenvalue weighted by atomic mass is 16.2. The van der Waals surface area contributed by atoms with Crippen molar-refractivity contribution < 1.29 is 9.59 Å². The lowest BCUT2D eigenvalue weighted by molar-refractivity contribution is -0.118. The Labute approximate surface area is 112 Å². The molecule has 0 saturated carbocycles. The maximum atomic E-state index is 11.9. The van der Waals surface area contributed by atoms with Crippen molar-refractivity contribution >= 4 is 17.6 Å². The molecule has 6 nitrogen and oxygen atoms in total. The molecule has 1 rings (SSSR count). The highest BCUT2D eigenvalue weighted by Crippen LogP contribution is 2.07. The van der Waals surface area contributed by atoms with Gasteiger partial charge in [-0.1, -0.05) is 6.92 Å². The van der Waals surface area contributed by atoms with Gasteiger partial charge in [-0.3, -0.25) is 9.59 Å². The summed E-state index contributed by atoms with van der Waals surface area (Å²) < 4.78 is 0. The van der Waals surface area contributed by atoms with Crippen molar-refractivity contribution in [2.75, 3.05) is 11.9 Å². The number of primary amides is 1. The number of hydrogen-bond donors (Lipinski definition) is 3. The standard InChI is InChI=1S/C13H20N4O2/c1-3-5-15-12-8-10(4-6-16-12)13(19)17-9(2)7-11(14)18/h4,6,8-9H,3,5,7H2,1-2H3,(H2,14,18)(H,15,16)(H,17,19). The van der Waals surface area contributed by atoms with E-state index in [0.717, 1.165) is 13.0 Å². The molecule has 19 heavy (non-hydrogen) atoms. The van der Waals surface area contributed by atoms with Gasteiger partial charge in [0.1, 0.15) is 5.82 Å². The van der Waals surface area contributed by atoms with Crippen LogP contribution in [0.3, 0.4) is 0 Å². The van der Waals surface area contributed by atoms with Crippen molar-refractivity contribution in [1.82, 2.24) is 10.3 Å². The molecule has 0 aliphatic rings. The molecule has 1 atom stereocenters. The lowest BCUT2D eigenvalue weighted by Crippen LogP contribution is -2.35. The Kier molecular flexibility index (Phi) is 5.78. The van der Waals surface area contributed by atoms with E-state index in [4.69, 9.17) is 5.73 Å². The normalized spacial score (nSPS) is 11.7. The van der Waals surface area contributed by atoms with Gasteiger partial charge >= 0.3 is 0 Å². The van der Waals surface area contributed by atoms with E-state index < -0.39 is 5.91 Å². The first-order valence-corrected chi connectivity index (χ1v) is 6.32. The van der Waals surface area contributed by atoms with Crippen molar-refractivity contribution in [1.29, 1.82) is 0 Å². The van der Waals surface area contributed by atoms with E-state index >= 15 is 0 Å². The van der Waals surface area contributed by atoms with E-state index in [-0.39, 0.29) is 18.4 Å². The number of aromatic nitrogens is 1. The first kappa shape index (κ1) is 14.9. The second-order valence-corrected chi connectivity index (χ2v) is 4.40. The molecule has 0 saturated heterocycles. The number of nitrogens with two attached hydrogens (primary N) is 1. The van der Waals surface area contributed by atoms with Gasteiger partial charge in [0, 0.05) is 30.8 Å². The van der Waals surface area contributed by atoms with Gasteiger partial charge < -0.3 is 16.4 Å². The van der Waals surface area contributed by atoms with Gasteiger partial charge in [-0.15, -0.1) is 0 Å². The fourth-order valence-electron chi connectivity index (χ4n) is 1.58. The summed E-state index contributed by atoms with van der Waals surface area (Å²) in [6.45, 7) is 4.59. The summed E-state index contributed by atoms with van der Waals surface area (Å²) in [5, 5.41) is 5.83. The van der Waals surface area contributed by atoms with E-state index in [2.05, 4.69) is 22.5 Å². The van der Waals surface area contributed by atoms with Crippen molar-refractivity contribution in [3.63, 3.8) is 0 Å². The largest absolute Gasteiger partial charge is 0.370 e. The Hall–Kier alpha value is -2.11. The summed E-state index contributed by atoms with van der Waals surface area (Å²) in [6.07, 6.45) is 2.68. The first-order chi connectivity index (χ1) is 9.02. The van der Waals surface area contributed by atoms with Crippen LogP contribution >= 0.6 is 0 Å². The number of rotatable bonds is 7. The zero-order chi connectivity index (χ0) is 14.3. The maximum Gasteiger partial charge on any atom is 0.251 e. The third kappa shape index (κ3) is 5.37. The molecule has 0 radical (unpaired) electrons. The molecule has 0 fully saturated rings. The van der Waals surface area contributed by atoms with Crippen LogP contribution in [0.5, 0.6) is 0 Å². The lowest BCUT2D eigenvalue weighted by atomic mass is 10.2. The van der Waals surface area contributed by atoms with Crippen molar-refractivity contribution in [2.24, 2.45) is 5.73 Å². The van der Waals surface area contributed by atoms with Crippen LogP contribution in [0.2, 0.25) is 0 Å². The molecule has 0 aliphatic carbocycles. The number of nitrogens with one attached hydrogen (secondary N) is 2. The number of anilines is 1. The van der Waals surface area contributed by atoms with Gasteiger partial charge in [-0.2, -0.15) is 0 Å². The third-order valence-corrected chi connectivity index (χ3v) is 2.46. The Morgan fingerprint density at radius 1 is 1.47 bits per heavy atom. The summed E-state index contributed by atoms with van der Waals surface area (Å²) in [7, 11) is 0. The molecule has 2 amide bonds. The van der Waals surface area contributed by atoms with Crippen LogP contribution in [0.25, 0.3) is 0 Å². The van der Waals surface area contributed by atoms with Gasteiger partial charge in [0.05, 0.1) is 0 Å². The highest BCUT2D eigenvalue weighted by molar-refractivity contribution is 5.95. The Morgan fingerprint density at radius 2 is 2.21 bits per heavy atom. The number of carbonyl (C=O) groups is 2. The molecular formula is C13H20N4O2. The van der Waals surface area contributed by atoms with E-state index in [0.29, 0.717) is 11.4 Å². The summed E-state index contributed by atoms with van der Waals surface area (Å²) in [5.41, 5.74) is 5.58. The second-order valence-electron chi connectivity index (χ2n) is 4.40. The first-order valence-electron chi connectivity index (χ1n) is 6.32. The number of carbonyl (C=O) groups excluding carboxylic acids is 2. The summed E-state index contributed by atoms with van der Waals surface area (Å²) in [6, 6.07) is 3.02. The van der Waals surface area contributed by atoms with Crippen molar-refractivity contribution in [2.45, 2.75) is 32.7 Å². The number of hydrogen-bond acceptors (Lipinski definition) is 4. The molecule has 4 N–H and O–H groups in total. The van der Waals surface area contributed by atoms with Gasteiger partial charge in [-0.05, 0) is 25.5 Å². The topological polar surface area (TPSA) is 97.1 Å². The Balaban J connectivity index is 2.63.